The van der Waals surface area contributed by atoms with E-state index in [0.29, 0.717) is 90.0 Å². The molecule has 12 heteroatoms. The van der Waals surface area contributed by atoms with Crippen LogP contribution in [0, 0.1) is 0 Å². The first-order valence-electron chi connectivity index (χ1n) is 13.3. The maximum atomic E-state index is 13.1. The highest BCUT2D eigenvalue weighted by molar-refractivity contribution is 6.61. The minimum absolute atomic E-state index is 0.153. The van der Waals surface area contributed by atoms with E-state index in [1.54, 1.807) is 12.3 Å². The minimum Gasteiger partial charge on any atom is -0.467 e. The molecule has 0 radical (unpaired) electrons. The molecule has 210 valence electrons. The summed E-state index contributed by atoms with van der Waals surface area (Å²) < 4.78 is 41.2. The van der Waals surface area contributed by atoms with Crippen LogP contribution in [0.15, 0.2) is 22.8 Å². The van der Waals surface area contributed by atoms with Crippen molar-refractivity contribution in [3.05, 3.63) is 24.2 Å². The van der Waals surface area contributed by atoms with Crippen molar-refractivity contribution in [2.24, 2.45) is 0 Å². The third-order valence-corrected chi connectivity index (χ3v) is 11.6. The highest BCUT2D eigenvalue weighted by Crippen LogP contribution is 2.21. The number of carbonyl (C=O) groups excluding carboxylic acids is 1. The van der Waals surface area contributed by atoms with Gasteiger partial charge in [0.25, 0.3) is 0 Å². The average molecular weight is 549 g/mol. The second kappa shape index (κ2) is 18.9. The quantitative estimate of drug-likeness (QED) is 0.209. The third kappa shape index (κ3) is 11.9. The van der Waals surface area contributed by atoms with Crippen LogP contribution < -0.4 is 5.32 Å². The van der Waals surface area contributed by atoms with E-state index in [-0.39, 0.29) is 6.03 Å². The Morgan fingerprint density at radius 3 is 1.53 bits per heavy atom. The van der Waals surface area contributed by atoms with Crippen molar-refractivity contribution in [3.63, 3.8) is 0 Å². The predicted molar refractivity (Wildman–Crippen MR) is 143 cm³/mol. The Morgan fingerprint density at radius 1 is 0.778 bits per heavy atom. The molecule has 1 heterocycles. The van der Waals surface area contributed by atoms with Gasteiger partial charge in [0, 0.05) is 64.8 Å². The summed E-state index contributed by atoms with van der Waals surface area (Å²) in [6.07, 6.45) is 2.99. The van der Waals surface area contributed by atoms with E-state index < -0.39 is 17.6 Å². The van der Waals surface area contributed by atoms with Gasteiger partial charge in [0.05, 0.1) is 12.8 Å². The number of hydrogen-bond acceptors (Lipinski definition) is 8. The molecular formula is C24H48N2O8Si2. The molecule has 0 atom stereocenters. The highest BCUT2D eigenvalue weighted by atomic mass is 28.4. The van der Waals surface area contributed by atoms with Crippen LogP contribution in [0.5, 0.6) is 0 Å². The number of nitrogens with one attached hydrogen (secondary N) is 1. The Bertz CT molecular complexity index is 615. The molecule has 0 spiro atoms. The molecule has 1 N–H and O–H groups in total. The van der Waals surface area contributed by atoms with Crippen LogP contribution >= 0.6 is 0 Å². The molecule has 1 rings (SSSR count). The van der Waals surface area contributed by atoms with Gasteiger partial charge in [0.1, 0.15) is 5.76 Å². The van der Waals surface area contributed by atoms with Crippen LogP contribution in [-0.4, -0.2) is 81.3 Å². The van der Waals surface area contributed by atoms with Crippen LogP contribution in [0.4, 0.5) is 4.79 Å². The number of rotatable bonds is 22. The summed E-state index contributed by atoms with van der Waals surface area (Å²) in [4.78, 5) is 14.9. The van der Waals surface area contributed by atoms with Crippen molar-refractivity contribution >= 4 is 23.6 Å². The van der Waals surface area contributed by atoms with Crippen LogP contribution in [0.25, 0.3) is 0 Å². The topological polar surface area (TPSA) is 101 Å². The lowest BCUT2D eigenvalue weighted by molar-refractivity contribution is 0.0696. The largest absolute Gasteiger partial charge is 0.500 e. The Balaban J connectivity index is 2.85. The van der Waals surface area contributed by atoms with E-state index in [1.807, 2.05) is 52.5 Å². The van der Waals surface area contributed by atoms with Crippen molar-refractivity contribution in [1.29, 1.82) is 0 Å². The van der Waals surface area contributed by atoms with E-state index in [1.165, 1.54) is 0 Å². The lowest BCUT2D eigenvalue weighted by atomic mass is 10.3. The summed E-state index contributed by atoms with van der Waals surface area (Å²) >= 11 is 0. The van der Waals surface area contributed by atoms with Gasteiger partial charge in [-0.1, -0.05) is 0 Å². The molecule has 0 aliphatic rings. The Hall–Kier alpha value is -1.26. The van der Waals surface area contributed by atoms with E-state index >= 15 is 0 Å². The first-order valence-corrected chi connectivity index (χ1v) is 17.2. The lowest BCUT2D eigenvalue weighted by Gasteiger charge is -2.31. The Morgan fingerprint density at radius 2 is 1.19 bits per heavy atom. The van der Waals surface area contributed by atoms with Crippen LogP contribution in [0.3, 0.4) is 0 Å². The van der Waals surface area contributed by atoms with Gasteiger partial charge in [-0.3, -0.25) is 0 Å². The zero-order valence-electron chi connectivity index (χ0n) is 23.1. The zero-order valence-corrected chi connectivity index (χ0v) is 25.1. The maximum Gasteiger partial charge on any atom is 0.500 e. The number of amides is 2. The molecule has 2 amide bonds. The molecular weight excluding hydrogens is 500 g/mol. The number of urea groups is 1. The maximum absolute atomic E-state index is 13.1. The van der Waals surface area contributed by atoms with Gasteiger partial charge in [-0.15, -0.1) is 0 Å². The van der Waals surface area contributed by atoms with Crippen molar-refractivity contribution in [1.82, 2.24) is 10.2 Å². The molecule has 1 aromatic heterocycles. The number of carbonyl (C=O) groups is 1. The predicted octanol–water partition coefficient (Wildman–Crippen LogP) is 4.67. The van der Waals surface area contributed by atoms with Gasteiger partial charge in [0.2, 0.25) is 0 Å². The molecule has 0 saturated heterocycles. The molecule has 36 heavy (non-hydrogen) atoms. The SMILES string of the molecule is CCO[Si](CCCN(CCC[Si](OCC)(OCC)OCC)C(=O)NCc1ccco1)(OCC)OCC. The summed E-state index contributed by atoms with van der Waals surface area (Å²) in [6, 6.07) is 4.76. The molecule has 1 aromatic rings. The van der Waals surface area contributed by atoms with Crippen molar-refractivity contribution in [2.75, 3.05) is 52.7 Å². The summed E-state index contributed by atoms with van der Waals surface area (Å²) in [7, 11) is -5.56. The molecule has 0 saturated carbocycles. The minimum atomic E-state index is -2.78. The number of nitrogens with zero attached hydrogens (tertiary/aromatic N) is 1. The third-order valence-electron chi connectivity index (χ3n) is 5.29. The first kappa shape index (κ1) is 32.8. The lowest BCUT2D eigenvalue weighted by Crippen LogP contribution is -2.48. The van der Waals surface area contributed by atoms with Gasteiger partial charge in [-0.05, 0) is 66.5 Å². The first-order chi connectivity index (χ1) is 17.4. The smallest absolute Gasteiger partial charge is 0.467 e. The standard InChI is InChI=1S/C24H48N2O8Si2/c1-7-29-35(30-8-2,31-9-3)20-14-17-26(24(27)25-22-23-16-13-19-28-23)18-15-21-36(32-10-4,33-11-5)34-12-6/h13,16,19H,7-12,14-15,17-18,20-22H2,1-6H3,(H,25,27). The monoisotopic (exact) mass is 548 g/mol. The molecule has 0 bridgehead atoms. The van der Waals surface area contributed by atoms with Crippen LogP contribution in [-0.2, 0) is 33.1 Å². The highest BCUT2D eigenvalue weighted by Gasteiger charge is 2.41. The van der Waals surface area contributed by atoms with E-state index in [9.17, 15) is 4.79 Å². The second-order valence-electron chi connectivity index (χ2n) is 7.90. The molecule has 0 aliphatic heterocycles. The molecule has 0 aliphatic carbocycles. The molecule has 0 unspecified atom stereocenters. The normalized spacial score (nSPS) is 12.2. The Kier molecular flexibility index (Phi) is 17.2. The van der Waals surface area contributed by atoms with Gasteiger partial charge in [0.15, 0.2) is 0 Å². The summed E-state index contributed by atoms with van der Waals surface area (Å²) in [6.45, 7) is 16.2. The molecule has 10 nitrogen and oxygen atoms in total. The molecule has 0 aromatic carbocycles. The van der Waals surface area contributed by atoms with Crippen LogP contribution in [0.2, 0.25) is 12.1 Å². The average Bonchev–Trinajstić information content (AvgIpc) is 3.36. The van der Waals surface area contributed by atoms with Crippen molar-refractivity contribution in [3.8, 4) is 0 Å². The molecule has 0 fully saturated rings. The zero-order chi connectivity index (χ0) is 26.7. The van der Waals surface area contributed by atoms with E-state index in [4.69, 9.17) is 31.0 Å². The van der Waals surface area contributed by atoms with Gasteiger partial charge < -0.3 is 41.2 Å². The second-order valence-corrected chi connectivity index (χ2v) is 13.4. The van der Waals surface area contributed by atoms with Gasteiger partial charge in [-0.2, -0.15) is 0 Å². The van der Waals surface area contributed by atoms with Gasteiger partial charge >= 0.3 is 23.6 Å². The summed E-state index contributed by atoms with van der Waals surface area (Å²) in [5.74, 6) is 0.703. The summed E-state index contributed by atoms with van der Waals surface area (Å²) in [5, 5.41) is 2.96. The Labute approximate surface area is 219 Å². The van der Waals surface area contributed by atoms with E-state index in [0.717, 1.165) is 0 Å². The van der Waals surface area contributed by atoms with Crippen LogP contribution in [0.1, 0.15) is 60.1 Å². The summed E-state index contributed by atoms with van der Waals surface area (Å²) in [5.41, 5.74) is 0. The fourth-order valence-corrected chi connectivity index (χ4v) is 9.17. The van der Waals surface area contributed by atoms with Crippen molar-refractivity contribution in [2.45, 2.75) is 73.0 Å². The number of hydrogen-bond donors (Lipinski definition) is 1. The fraction of sp³-hybridized carbons (Fsp3) is 0.792. The van der Waals surface area contributed by atoms with Crippen molar-refractivity contribution < 1.29 is 35.8 Å². The number of furan rings is 1. The van der Waals surface area contributed by atoms with Gasteiger partial charge in [-0.25, -0.2) is 4.79 Å². The van der Waals surface area contributed by atoms with E-state index in [2.05, 4.69) is 5.32 Å². The fourth-order valence-electron chi connectivity index (χ4n) is 3.98.